The molecule has 3 saturated heterocycles. The molecule has 21 heavy (non-hydrogen) atoms. The summed E-state index contributed by atoms with van der Waals surface area (Å²) in [5.41, 5.74) is 0.0448. The van der Waals surface area contributed by atoms with E-state index in [0.29, 0.717) is 6.04 Å². The van der Waals surface area contributed by atoms with Gasteiger partial charge in [-0.25, -0.2) is 0 Å². The maximum absolute atomic E-state index is 6.10. The average Bonchev–Trinajstić information content (AvgIpc) is 2.95. The van der Waals surface area contributed by atoms with Gasteiger partial charge in [-0.3, -0.25) is 4.90 Å². The number of likely N-dealkylation sites (tertiary alicyclic amines) is 1. The van der Waals surface area contributed by atoms with Gasteiger partial charge in [0.05, 0.1) is 12.2 Å². The first kappa shape index (κ1) is 15.7. The molecule has 1 spiro atoms. The van der Waals surface area contributed by atoms with Crippen molar-refractivity contribution in [1.29, 1.82) is 0 Å². The maximum Gasteiger partial charge on any atom is 0.0951 e. The molecule has 4 atom stereocenters. The molecule has 0 amide bonds. The molecule has 0 saturated carbocycles. The number of hydrogen-bond acceptors (Lipinski definition) is 4. The monoisotopic (exact) mass is 296 g/mol. The fraction of sp³-hybridized carbons (Fsp3) is 1.00. The van der Waals surface area contributed by atoms with Gasteiger partial charge in [0.2, 0.25) is 0 Å². The second kappa shape index (κ2) is 6.95. The largest absolute Gasteiger partial charge is 0.378 e. The third kappa shape index (κ3) is 3.44. The van der Waals surface area contributed by atoms with Crippen LogP contribution in [-0.4, -0.2) is 62.0 Å². The van der Waals surface area contributed by atoms with Crippen molar-refractivity contribution in [2.45, 2.75) is 63.6 Å². The van der Waals surface area contributed by atoms with Crippen LogP contribution in [0.4, 0.5) is 0 Å². The van der Waals surface area contributed by atoms with E-state index in [-0.39, 0.29) is 5.60 Å². The van der Waals surface area contributed by atoms with Gasteiger partial charge < -0.3 is 14.8 Å². The second-order valence-electron chi connectivity index (χ2n) is 7.10. The first-order chi connectivity index (χ1) is 10.3. The summed E-state index contributed by atoms with van der Waals surface area (Å²) in [4.78, 5) is 2.75. The molecule has 3 heterocycles. The molecule has 4 heteroatoms. The summed E-state index contributed by atoms with van der Waals surface area (Å²) >= 11 is 0. The predicted octanol–water partition coefficient (Wildman–Crippen LogP) is 2.03. The highest BCUT2D eigenvalue weighted by molar-refractivity contribution is 4.96. The number of piperidine rings is 1. The van der Waals surface area contributed by atoms with E-state index in [1.165, 1.54) is 38.8 Å². The Bertz CT molecular complexity index is 331. The van der Waals surface area contributed by atoms with E-state index in [0.717, 1.165) is 44.7 Å². The number of rotatable bonds is 4. The third-order valence-electron chi connectivity index (χ3n) is 5.81. The Labute approximate surface area is 129 Å². The Morgan fingerprint density at radius 1 is 1.24 bits per heavy atom. The van der Waals surface area contributed by atoms with Crippen LogP contribution in [0.1, 0.15) is 46.0 Å². The number of hydrogen-bond donors (Lipinski definition) is 1. The molecule has 4 nitrogen and oxygen atoms in total. The Morgan fingerprint density at radius 2 is 2.14 bits per heavy atom. The standard InChI is InChI=1S/C17H32N2O2/c1-3-14-12-19(8-5-16(14)18-4-2)15-6-9-21-17(11-15)7-10-20-13-17/h14-16,18H,3-13H2,1-2H3. The molecule has 0 aromatic heterocycles. The van der Waals surface area contributed by atoms with Crippen LogP contribution in [0.25, 0.3) is 0 Å². The summed E-state index contributed by atoms with van der Waals surface area (Å²) in [6.45, 7) is 10.8. The van der Waals surface area contributed by atoms with E-state index in [1.54, 1.807) is 0 Å². The van der Waals surface area contributed by atoms with Gasteiger partial charge >= 0.3 is 0 Å². The molecule has 3 rings (SSSR count). The zero-order valence-electron chi connectivity index (χ0n) is 13.8. The minimum atomic E-state index is 0.0448. The van der Waals surface area contributed by atoms with Crippen LogP contribution >= 0.6 is 0 Å². The molecule has 0 aromatic carbocycles. The zero-order chi connectivity index (χ0) is 14.7. The van der Waals surface area contributed by atoms with Crippen molar-refractivity contribution < 1.29 is 9.47 Å². The van der Waals surface area contributed by atoms with Gasteiger partial charge in [0.1, 0.15) is 0 Å². The van der Waals surface area contributed by atoms with Crippen molar-refractivity contribution in [3.05, 3.63) is 0 Å². The maximum atomic E-state index is 6.10. The molecule has 0 aromatic rings. The summed E-state index contributed by atoms with van der Waals surface area (Å²) in [6, 6.07) is 1.43. The van der Waals surface area contributed by atoms with Crippen LogP contribution in [0.2, 0.25) is 0 Å². The molecular formula is C17H32N2O2. The summed E-state index contributed by atoms with van der Waals surface area (Å²) in [5, 5.41) is 3.69. The molecule has 0 bridgehead atoms. The highest BCUT2D eigenvalue weighted by Crippen LogP contribution is 2.36. The molecule has 0 radical (unpaired) electrons. The van der Waals surface area contributed by atoms with Gasteiger partial charge in [0.15, 0.2) is 0 Å². The van der Waals surface area contributed by atoms with Gasteiger partial charge in [-0.1, -0.05) is 20.3 Å². The first-order valence-electron chi connectivity index (χ1n) is 8.95. The Kier molecular flexibility index (Phi) is 5.20. The normalized spacial score (nSPS) is 41.7. The SMILES string of the molecule is CCNC1CCN(C2CCOC3(CCOC3)C2)CC1CC. The predicted molar refractivity (Wildman–Crippen MR) is 84.6 cm³/mol. The number of ether oxygens (including phenoxy) is 2. The fourth-order valence-electron chi connectivity index (χ4n) is 4.51. The molecule has 4 unspecified atom stereocenters. The minimum Gasteiger partial charge on any atom is -0.378 e. The molecule has 1 N–H and O–H groups in total. The average molecular weight is 296 g/mol. The van der Waals surface area contributed by atoms with Crippen LogP contribution in [-0.2, 0) is 9.47 Å². The molecule has 0 aliphatic carbocycles. The van der Waals surface area contributed by atoms with Gasteiger partial charge in [-0.05, 0) is 38.3 Å². The molecule has 3 aliphatic heterocycles. The van der Waals surface area contributed by atoms with Crippen molar-refractivity contribution in [3.63, 3.8) is 0 Å². The quantitative estimate of drug-likeness (QED) is 0.861. The van der Waals surface area contributed by atoms with E-state index in [4.69, 9.17) is 9.47 Å². The lowest BCUT2D eigenvalue weighted by atomic mass is 9.84. The van der Waals surface area contributed by atoms with E-state index >= 15 is 0 Å². The molecule has 3 aliphatic rings. The summed E-state index contributed by atoms with van der Waals surface area (Å²) in [6.07, 6.45) is 6.05. The summed E-state index contributed by atoms with van der Waals surface area (Å²) in [7, 11) is 0. The second-order valence-corrected chi connectivity index (χ2v) is 7.10. The summed E-state index contributed by atoms with van der Waals surface area (Å²) < 4.78 is 11.7. The van der Waals surface area contributed by atoms with Gasteiger partial charge in [0, 0.05) is 38.3 Å². The lowest BCUT2D eigenvalue weighted by Gasteiger charge is -2.47. The lowest BCUT2D eigenvalue weighted by molar-refractivity contribution is -0.111. The van der Waals surface area contributed by atoms with Crippen molar-refractivity contribution in [2.24, 2.45) is 5.92 Å². The van der Waals surface area contributed by atoms with Gasteiger partial charge in [-0.15, -0.1) is 0 Å². The highest BCUT2D eigenvalue weighted by Gasteiger charge is 2.43. The number of nitrogens with one attached hydrogen (secondary N) is 1. The van der Waals surface area contributed by atoms with Crippen molar-refractivity contribution in [3.8, 4) is 0 Å². The van der Waals surface area contributed by atoms with E-state index in [1.807, 2.05) is 0 Å². The highest BCUT2D eigenvalue weighted by atomic mass is 16.6. The van der Waals surface area contributed by atoms with Crippen LogP contribution < -0.4 is 5.32 Å². The minimum absolute atomic E-state index is 0.0448. The zero-order valence-corrected chi connectivity index (χ0v) is 13.8. The van der Waals surface area contributed by atoms with Crippen LogP contribution in [0.3, 0.4) is 0 Å². The molecular weight excluding hydrogens is 264 g/mol. The first-order valence-corrected chi connectivity index (χ1v) is 8.95. The Hall–Kier alpha value is -0.160. The van der Waals surface area contributed by atoms with Crippen molar-refractivity contribution in [2.75, 3.05) is 39.5 Å². The fourth-order valence-corrected chi connectivity index (χ4v) is 4.51. The third-order valence-corrected chi connectivity index (χ3v) is 5.81. The Morgan fingerprint density at radius 3 is 2.86 bits per heavy atom. The smallest absolute Gasteiger partial charge is 0.0951 e. The van der Waals surface area contributed by atoms with E-state index < -0.39 is 0 Å². The summed E-state index contributed by atoms with van der Waals surface area (Å²) in [5.74, 6) is 0.803. The van der Waals surface area contributed by atoms with E-state index in [9.17, 15) is 0 Å². The topological polar surface area (TPSA) is 33.7 Å². The number of nitrogens with zero attached hydrogens (tertiary/aromatic N) is 1. The van der Waals surface area contributed by atoms with Crippen molar-refractivity contribution in [1.82, 2.24) is 10.2 Å². The molecule has 122 valence electrons. The van der Waals surface area contributed by atoms with Crippen LogP contribution in [0.5, 0.6) is 0 Å². The lowest BCUT2D eigenvalue weighted by Crippen LogP contribution is -2.55. The van der Waals surface area contributed by atoms with Gasteiger partial charge in [-0.2, -0.15) is 0 Å². The van der Waals surface area contributed by atoms with Gasteiger partial charge in [0.25, 0.3) is 0 Å². The van der Waals surface area contributed by atoms with Crippen molar-refractivity contribution >= 4 is 0 Å². The van der Waals surface area contributed by atoms with Crippen LogP contribution in [0, 0.1) is 5.92 Å². The van der Waals surface area contributed by atoms with Crippen LogP contribution in [0.15, 0.2) is 0 Å². The molecule has 3 fully saturated rings. The van der Waals surface area contributed by atoms with E-state index in [2.05, 4.69) is 24.1 Å². The Balaban J connectivity index is 1.59.